The number of hydrogen-bond acceptors (Lipinski definition) is 8. The molecule has 2 unspecified atom stereocenters. The number of anilines is 1. The molecule has 0 saturated heterocycles. The average Bonchev–Trinajstić information content (AvgIpc) is 3.61. The minimum atomic E-state index is -0.419. The average molecular weight is 581 g/mol. The van der Waals surface area contributed by atoms with Crippen LogP contribution in [0.25, 0.3) is 28.2 Å². The standard InChI is InChI=1S/C29H25ClN10O2/c1-17-4-3-5-26(23-10-18(8-9-32-23)28-24(35-29(17)42)14-34-38(28)2)39-16-33-22(12-27(39)41)21-11-19(30)6-7-25(21)40-15-20(13-31)36-37-40/h6-12,14-17,26H,3-5H2,1-2H3,(H,35,42). The van der Waals surface area contributed by atoms with Crippen molar-refractivity contribution in [1.82, 2.24) is 39.3 Å². The zero-order valence-electron chi connectivity index (χ0n) is 22.8. The van der Waals surface area contributed by atoms with Crippen molar-refractivity contribution < 1.29 is 4.79 Å². The van der Waals surface area contributed by atoms with Gasteiger partial charge in [-0.2, -0.15) is 10.4 Å². The van der Waals surface area contributed by atoms with Gasteiger partial charge < -0.3 is 5.32 Å². The molecule has 0 aliphatic carbocycles. The summed E-state index contributed by atoms with van der Waals surface area (Å²) in [6, 6.07) is 11.9. The number of benzene rings is 1. The number of pyridine rings is 1. The Balaban J connectivity index is 1.43. The topological polar surface area (TPSA) is 149 Å². The number of hydrogen-bond donors (Lipinski definition) is 1. The number of aromatic nitrogens is 8. The molecule has 4 aromatic heterocycles. The van der Waals surface area contributed by atoms with Crippen LogP contribution < -0.4 is 10.9 Å². The number of halogens is 1. The van der Waals surface area contributed by atoms with Crippen LogP contribution in [-0.2, 0) is 11.8 Å². The predicted molar refractivity (Wildman–Crippen MR) is 155 cm³/mol. The Bertz CT molecular complexity index is 1920. The molecule has 1 N–H and O–H groups in total. The molecule has 0 fully saturated rings. The summed E-state index contributed by atoms with van der Waals surface area (Å²) in [5.41, 5.74) is 4.29. The molecule has 2 bridgehead atoms. The molecule has 0 radical (unpaired) electrons. The lowest BCUT2D eigenvalue weighted by Crippen LogP contribution is -2.27. The second kappa shape index (κ2) is 11.0. The van der Waals surface area contributed by atoms with E-state index < -0.39 is 6.04 Å². The molecule has 12 nitrogen and oxygen atoms in total. The Morgan fingerprint density at radius 1 is 1.12 bits per heavy atom. The number of aryl methyl sites for hydroxylation is 1. The summed E-state index contributed by atoms with van der Waals surface area (Å²) in [7, 11) is 1.82. The van der Waals surface area contributed by atoms with Crippen LogP contribution in [0, 0.1) is 17.2 Å². The highest BCUT2D eigenvalue weighted by atomic mass is 35.5. The van der Waals surface area contributed by atoms with E-state index in [1.54, 1.807) is 39.8 Å². The quantitative estimate of drug-likeness (QED) is 0.334. The van der Waals surface area contributed by atoms with Gasteiger partial charge in [0.05, 0.1) is 53.2 Å². The Labute approximate surface area is 245 Å². The highest BCUT2D eigenvalue weighted by molar-refractivity contribution is 6.31. The van der Waals surface area contributed by atoms with Crippen LogP contribution in [0.4, 0.5) is 5.69 Å². The van der Waals surface area contributed by atoms with E-state index in [1.165, 1.54) is 23.3 Å². The molecule has 42 heavy (non-hydrogen) atoms. The smallest absolute Gasteiger partial charge is 0.254 e. The summed E-state index contributed by atoms with van der Waals surface area (Å²) in [5, 5.41) is 24.9. The fraction of sp³-hybridized carbons (Fsp3) is 0.241. The number of amides is 1. The summed E-state index contributed by atoms with van der Waals surface area (Å²) >= 11 is 6.31. The number of rotatable bonds is 3. The first-order valence-corrected chi connectivity index (χ1v) is 13.7. The Kier molecular flexibility index (Phi) is 7.10. The number of carbonyl (C=O) groups excluding carboxylic acids is 1. The summed E-state index contributed by atoms with van der Waals surface area (Å²) in [5.74, 6) is -0.313. The van der Waals surface area contributed by atoms with Crippen molar-refractivity contribution in [3.63, 3.8) is 0 Å². The third-order valence-corrected chi connectivity index (χ3v) is 7.65. The van der Waals surface area contributed by atoms with Gasteiger partial charge in [-0.15, -0.1) is 5.10 Å². The van der Waals surface area contributed by atoms with Crippen molar-refractivity contribution in [2.75, 3.05) is 5.32 Å². The van der Waals surface area contributed by atoms with Gasteiger partial charge in [0.15, 0.2) is 5.69 Å². The molecule has 1 amide bonds. The maximum Gasteiger partial charge on any atom is 0.254 e. The van der Waals surface area contributed by atoms with Crippen LogP contribution in [-0.4, -0.2) is 45.2 Å². The SMILES string of the molecule is CC1CCCC(n2cnc(-c3cc(Cl)ccc3-n3cc(C#N)nn3)cc2=O)c2cc(ccn2)-c2c(cnn2C)NC1=O. The van der Waals surface area contributed by atoms with Gasteiger partial charge in [0, 0.05) is 41.4 Å². The maximum absolute atomic E-state index is 13.7. The first kappa shape index (κ1) is 27.0. The molecule has 1 aliphatic rings. The van der Waals surface area contributed by atoms with E-state index in [1.807, 2.05) is 32.2 Å². The first-order chi connectivity index (χ1) is 20.3. The molecular weight excluding hydrogens is 556 g/mol. The summed E-state index contributed by atoms with van der Waals surface area (Å²) in [6.07, 6.45) is 8.24. The Hall–Kier alpha value is -5.15. The fourth-order valence-corrected chi connectivity index (χ4v) is 5.39. The lowest BCUT2D eigenvalue weighted by atomic mass is 9.97. The predicted octanol–water partition coefficient (Wildman–Crippen LogP) is 4.16. The number of nitriles is 1. The Morgan fingerprint density at radius 3 is 2.76 bits per heavy atom. The van der Waals surface area contributed by atoms with Gasteiger partial charge >= 0.3 is 0 Å². The second-order valence-electron chi connectivity index (χ2n) is 10.2. The van der Waals surface area contributed by atoms with Crippen molar-refractivity contribution in [2.45, 2.75) is 32.2 Å². The third kappa shape index (κ3) is 5.06. The van der Waals surface area contributed by atoms with Crippen molar-refractivity contribution in [2.24, 2.45) is 13.0 Å². The van der Waals surface area contributed by atoms with Gasteiger partial charge in [0.1, 0.15) is 6.07 Å². The molecule has 2 atom stereocenters. The fourth-order valence-electron chi connectivity index (χ4n) is 5.22. The van der Waals surface area contributed by atoms with Crippen LogP contribution in [0.15, 0.2) is 66.1 Å². The molecule has 13 heteroatoms. The highest BCUT2D eigenvalue weighted by Gasteiger charge is 2.24. The number of nitrogens with zero attached hydrogens (tertiary/aromatic N) is 9. The van der Waals surface area contributed by atoms with E-state index in [4.69, 9.17) is 11.6 Å². The summed E-state index contributed by atoms with van der Waals surface area (Å²) in [4.78, 5) is 35.9. The van der Waals surface area contributed by atoms with E-state index in [2.05, 4.69) is 30.7 Å². The van der Waals surface area contributed by atoms with Crippen molar-refractivity contribution in [1.29, 1.82) is 5.26 Å². The van der Waals surface area contributed by atoms with Gasteiger partial charge in [-0.05, 0) is 43.2 Å². The monoisotopic (exact) mass is 580 g/mol. The summed E-state index contributed by atoms with van der Waals surface area (Å²) < 4.78 is 4.73. The van der Waals surface area contributed by atoms with Crippen molar-refractivity contribution in [3.8, 4) is 34.3 Å². The Morgan fingerprint density at radius 2 is 1.98 bits per heavy atom. The summed E-state index contributed by atoms with van der Waals surface area (Å²) in [6.45, 7) is 1.89. The van der Waals surface area contributed by atoms with E-state index in [0.717, 1.165) is 11.3 Å². The number of nitrogens with one attached hydrogen (secondary N) is 1. The largest absolute Gasteiger partial charge is 0.323 e. The molecule has 0 saturated carbocycles. The van der Waals surface area contributed by atoms with Crippen LogP contribution in [0.3, 0.4) is 0 Å². The number of fused-ring (bicyclic) bond motifs is 4. The van der Waals surface area contributed by atoms with Crippen LogP contribution in [0.2, 0.25) is 5.02 Å². The van der Waals surface area contributed by atoms with Gasteiger partial charge in [0.25, 0.3) is 5.56 Å². The van der Waals surface area contributed by atoms with Crippen LogP contribution in [0.5, 0.6) is 0 Å². The molecule has 6 rings (SSSR count). The van der Waals surface area contributed by atoms with Crippen molar-refractivity contribution in [3.05, 3.63) is 88.1 Å². The van der Waals surface area contributed by atoms with Gasteiger partial charge in [-0.25, -0.2) is 9.67 Å². The van der Waals surface area contributed by atoms with Crippen LogP contribution >= 0.6 is 11.6 Å². The second-order valence-corrected chi connectivity index (χ2v) is 10.6. The van der Waals surface area contributed by atoms with E-state index in [0.29, 0.717) is 52.6 Å². The van der Waals surface area contributed by atoms with E-state index in [9.17, 15) is 14.9 Å². The zero-order chi connectivity index (χ0) is 29.4. The van der Waals surface area contributed by atoms with Crippen molar-refractivity contribution >= 4 is 23.2 Å². The molecule has 1 aromatic carbocycles. The molecule has 210 valence electrons. The minimum Gasteiger partial charge on any atom is -0.323 e. The molecular formula is C29H25ClN10O2. The molecule has 0 spiro atoms. The lowest BCUT2D eigenvalue weighted by molar-refractivity contribution is -0.119. The minimum absolute atomic E-state index is 0.0783. The van der Waals surface area contributed by atoms with Gasteiger partial charge in [-0.3, -0.25) is 23.8 Å². The van der Waals surface area contributed by atoms with Gasteiger partial charge in [-0.1, -0.05) is 30.2 Å². The zero-order valence-corrected chi connectivity index (χ0v) is 23.5. The molecule has 1 aliphatic heterocycles. The first-order valence-electron chi connectivity index (χ1n) is 13.3. The normalized spacial score (nSPS) is 17.0. The van der Waals surface area contributed by atoms with E-state index in [-0.39, 0.29) is 23.1 Å². The van der Waals surface area contributed by atoms with Gasteiger partial charge in [0.2, 0.25) is 5.91 Å². The third-order valence-electron chi connectivity index (χ3n) is 7.42. The number of carbonyl (C=O) groups is 1. The molecule has 5 heterocycles. The lowest BCUT2D eigenvalue weighted by Gasteiger charge is -2.22. The maximum atomic E-state index is 13.7. The van der Waals surface area contributed by atoms with Crippen LogP contribution in [0.1, 0.15) is 43.6 Å². The molecule has 5 aromatic rings. The highest BCUT2D eigenvalue weighted by Crippen LogP contribution is 2.33. The van der Waals surface area contributed by atoms with E-state index >= 15 is 0 Å².